The van der Waals surface area contributed by atoms with Gasteiger partial charge in [-0.15, -0.1) is 0 Å². The van der Waals surface area contributed by atoms with E-state index in [1.54, 1.807) is 13.8 Å². The van der Waals surface area contributed by atoms with Crippen molar-refractivity contribution in [3.8, 4) is 6.07 Å². The molecule has 0 aliphatic carbocycles. The van der Waals surface area contributed by atoms with Gasteiger partial charge in [-0.25, -0.2) is 0 Å². The molecule has 0 N–H and O–H groups in total. The Morgan fingerprint density at radius 1 is 1.56 bits per heavy atom. The van der Waals surface area contributed by atoms with Crippen molar-refractivity contribution in [2.24, 2.45) is 0 Å². The molecule has 0 aromatic heterocycles. The number of ether oxygens (including phenoxy) is 1. The third-order valence-corrected chi connectivity index (χ3v) is 2.45. The lowest BCUT2D eigenvalue weighted by Crippen LogP contribution is -2.09. The molecule has 6 heteroatoms. The van der Waals surface area contributed by atoms with E-state index >= 15 is 0 Å². The number of nitro groups is 1. The van der Waals surface area contributed by atoms with Crippen molar-refractivity contribution in [3.63, 3.8) is 0 Å². The number of hydrogen-bond acceptors (Lipinski definition) is 5. The molecule has 18 heavy (non-hydrogen) atoms. The minimum atomic E-state index is -0.565. The molecule has 0 radical (unpaired) electrons. The number of rotatable bonds is 4. The van der Waals surface area contributed by atoms with Gasteiger partial charge in [0.25, 0.3) is 5.69 Å². The Balaban J connectivity index is 3.19. The van der Waals surface area contributed by atoms with Gasteiger partial charge in [0.2, 0.25) is 0 Å². The summed E-state index contributed by atoms with van der Waals surface area (Å²) in [6.07, 6.45) is -0.0734. The molecule has 6 nitrogen and oxygen atoms in total. The third-order valence-electron chi connectivity index (χ3n) is 2.45. The number of hydrogen-bond donors (Lipinski definition) is 0. The molecule has 0 amide bonds. The standard InChI is InChI=1S/C12H12N2O4/c1-3-18-12(15)6-10-4-9(7-13)5-11(8(10)2)14(16)17/h4-5H,3,6H2,1-2H3. The van der Waals surface area contributed by atoms with Gasteiger partial charge in [-0.1, -0.05) is 0 Å². The molecule has 0 unspecified atom stereocenters. The monoisotopic (exact) mass is 248 g/mol. The maximum absolute atomic E-state index is 11.4. The highest BCUT2D eigenvalue weighted by Gasteiger charge is 2.18. The van der Waals surface area contributed by atoms with Crippen LogP contribution >= 0.6 is 0 Å². The summed E-state index contributed by atoms with van der Waals surface area (Å²) < 4.78 is 4.78. The molecule has 0 fully saturated rings. The lowest BCUT2D eigenvalue weighted by Gasteiger charge is -2.07. The Morgan fingerprint density at radius 2 is 2.22 bits per heavy atom. The van der Waals surface area contributed by atoms with E-state index in [9.17, 15) is 14.9 Å². The smallest absolute Gasteiger partial charge is 0.310 e. The summed E-state index contributed by atoms with van der Waals surface area (Å²) in [6.45, 7) is 3.48. The molecule has 0 atom stereocenters. The number of carbonyl (C=O) groups excluding carboxylic acids is 1. The molecular weight excluding hydrogens is 236 g/mol. The van der Waals surface area contributed by atoms with Crippen molar-refractivity contribution in [2.75, 3.05) is 6.61 Å². The van der Waals surface area contributed by atoms with Gasteiger partial charge in [0.1, 0.15) is 0 Å². The van der Waals surface area contributed by atoms with E-state index in [4.69, 9.17) is 10.00 Å². The summed E-state index contributed by atoms with van der Waals surface area (Å²) in [6, 6.07) is 4.51. The van der Waals surface area contributed by atoms with E-state index in [-0.39, 0.29) is 24.3 Å². The zero-order chi connectivity index (χ0) is 13.7. The van der Waals surface area contributed by atoms with Gasteiger partial charge in [-0.2, -0.15) is 5.26 Å². The summed E-state index contributed by atoms with van der Waals surface area (Å²) in [5.74, 6) is -0.468. The molecule has 94 valence electrons. The van der Waals surface area contributed by atoms with Crippen LogP contribution in [0.4, 0.5) is 5.69 Å². The second-order valence-electron chi connectivity index (χ2n) is 3.63. The van der Waals surface area contributed by atoms with E-state index < -0.39 is 10.9 Å². The summed E-state index contributed by atoms with van der Waals surface area (Å²) >= 11 is 0. The van der Waals surface area contributed by atoms with Crippen LogP contribution in [0.3, 0.4) is 0 Å². The van der Waals surface area contributed by atoms with Crippen LogP contribution in [0.2, 0.25) is 0 Å². The Morgan fingerprint density at radius 3 is 2.72 bits per heavy atom. The zero-order valence-electron chi connectivity index (χ0n) is 10.1. The van der Waals surface area contributed by atoms with E-state index in [1.165, 1.54) is 12.1 Å². The first-order chi connectivity index (χ1) is 8.49. The van der Waals surface area contributed by atoms with Gasteiger partial charge < -0.3 is 4.74 Å². The Bertz CT molecular complexity index is 532. The van der Waals surface area contributed by atoms with Gasteiger partial charge in [0.05, 0.1) is 29.6 Å². The number of benzene rings is 1. The van der Waals surface area contributed by atoms with Crippen molar-refractivity contribution in [3.05, 3.63) is 38.9 Å². The molecule has 0 aliphatic heterocycles. The van der Waals surface area contributed by atoms with Crippen LogP contribution < -0.4 is 0 Å². The largest absolute Gasteiger partial charge is 0.466 e. The molecule has 1 aromatic rings. The Hall–Kier alpha value is -2.42. The number of esters is 1. The lowest BCUT2D eigenvalue weighted by atomic mass is 10.0. The van der Waals surface area contributed by atoms with E-state index in [0.29, 0.717) is 11.1 Å². The van der Waals surface area contributed by atoms with Gasteiger partial charge >= 0.3 is 5.97 Å². The SMILES string of the molecule is CCOC(=O)Cc1cc(C#N)cc([N+](=O)[O-])c1C. The highest BCUT2D eigenvalue weighted by Crippen LogP contribution is 2.24. The van der Waals surface area contributed by atoms with Crippen molar-refractivity contribution < 1.29 is 14.5 Å². The highest BCUT2D eigenvalue weighted by molar-refractivity contribution is 5.74. The molecule has 0 spiro atoms. The molecule has 0 aliphatic rings. The average Bonchev–Trinajstić information content (AvgIpc) is 2.31. The molecule has 1 rings (SSSR count). The van der Waals surface area contributed by atoms with Gasteiger partial charge in [0, 0.05) is 11.6 Å². The van der Waals surface area contributed by atoms with Crippen LogP contribution in [-0.2, 0) is 16.0 Å². The minimum Gasteiger partial charge on any atom is -0.466 e. The number of nitrogens with zero attached hydrogens (tertiary/aromatic N) is 2. The Kier molecular flexibility index (Phi) is 4.38. The summed E-state index contributed by atoms with van der Waals surface area (Å²) in [5.41, 5.74) is 0.825. The number of nitro benzene ring substituents is 1. The van der Waals surface area contributed by atoms with Crippen molar-refractivity contribution in [1.29, 1.82) is 5.26 Å². The number of carbonyl (C=O) groups is 1. The maximum atomic E-state index is 11.4. The van der Waals surface area contributed by atoms with Gasteiger partial charge in [-0.05, 0) is 25.5 Å². The lowest BCUT2D eigenvalue weighted by molar-refractivity contribution is -0.385. The fourth-order valence-corrected chi connectivity index (χ4v) is 1.56. The fraction of sp³-hybridized carbons (Fsp3) is 0.333. The topological polar surface area (TPSA) is 93.2 Å². The van der Waals surface area contributed by atoms with E-state index in [0.717, 1.165) is 0 Å². The first-order valence-electron chi connectivity index (χ1n) is 5.33. The Labute approximate surface area is 104 Å². The maximum Gasteiger partial charge on any atom is 0.310 e. The van der Waals surface area contributed by atoms with Crippen LogP contribution in [0, 0.1) is 28.4 Å². The minimum absolute atomic E-state index is 0.0734. The fourth-order valence-electron chi connectivity index (χ4n) is 1.56. The highest BCUT2D eigenvalue weighted by atomic mass is 16.6. The second-order valence-corrected chi connectivity index (χ2v) is 3.63. The van der Waals surface area contributed by atoms with Crippen molar-refractivity contribution in [2.45, 2.75) is 20.3 Å². The average molecular weight is 248 g/mol. The second kappa shape index (κ2) is 5.77. The predicted molar refractivity (Wildman–Crippen MR) is 62.9 cm³/mol. The predicted octanol–water partition coefficient (Wildman–Crippen LogP) is 1.88. The first kappa shape index (κ1) is 13.6. The van der Waals surface area contributed by atoms with Crippen molar-refractivity contribution in [1.82, 2.24) is 0 Å². The van der Waals surface area contributed by atoms with Crippen molar-refractivity contribution >= 4 is 11.7 Å². The molecule has 0 bridgehead atoms. The molecule has 0 saturated carbocycles. The molecular formula is C12H12N2O4. The van der Waals surface area contributed by atoms with Crippen LogP contribution in [0.1, 0.15) is 23.6 Å². The molecule has 0 heterocycles. The summed E-state index contributed by atoms with van der Waals surface area (Å²) in [5, 5.41) is 19.6. The van der Waals surface area contributed by atoms with E-state index in [1.807, 2.05) is 6.07 Å². The first-order valence-corrected chi connectivity index (χ1v) is 5.33. The normalized spacial score (nSPS) is 9.61. The van der Waals surface area contributed by atoms with Gasteiger partial charge in [0.15, 0.2) is 0 Å². The van der Waals surface area contributed by atoms with Gasteiger partial charge in [-0.3, -0.25) is 14.9 Å². The van der Waals surface area contributed by atoms with Crippen LogP contribution in [-0.4, -0.2) is 17.5 Å². The molecule has 0 saturated heterocycles. The molecule has 1 aromatic carbocycles. The number of nitriles is 1. The quantitative estimate of drug-likeness (QED) is 0.460. The van der Waals surface area contributed by atoms with Crippen LogP contribution in [0.15, 0.2) is 12.1 Å². The zero-order valence-corrected chi connectivity index (χ0v) is 10.1. The summed E-state index contributed by atoms with van der Waals surface area (Å²) in [7, 11) is 0. The third kappa shape index (κ3) is 3.04. The van der Waals surface area contributed by atoms with Crippen LogP contribution in [0.5, 0.6) is 0 Å². The summed E-state index contributed by atoms with van der Waals surface area (Å²) in [4.78, 5) is 21.6. The van der Waals surface area contributed by atoms with Crippen LogP contribution in [0.25, 0.3) is 0 Å². The van der Waals surface area contributed by atoms with E-state index in [2.05, 4.69) is 0 Å².